The van der Waals surface area contributed by atoms with E-state index in [2.05, 4.69) is 14.3 Å². The van der Waals surface area contributed by atoms with E-state index in [1.165, 1.54) is 12.1 Å². The zero-order valence-corrected chi connectivity index (χ0v) is 22.2. The molecule has 0 amide bonds. The normalized spacial score (nSPS) is 27.3. The third kappa shape index (κ3) is 3.56. The van der Waals surface area contributed by atoms with Crippen LogP contribution in [-0.4, -0.2) is 46.7 Å². The van der Waals surface area contributed by atoms with E-state index in [9.17, 15) is 9.00 Å². The fraction of sp³-hybridized carbons (Fsp3) is 0.440. The quantitative estimate of drug-likeness (QED) is 0.506. The molecule has 3 aromatic heterocycles. The first-order valence-corrected chi connectivity index (χ1v) is 13.7. The first-order chi connectivity index (χ1) is 16.9. The third-order valence-electron chi connectivity index (χ3n) is 7.43. The molecule has 3 atom stereocenters. The summed E-state index contributed by atoms with van der Waals surface area (Å²) in [6.07, 6.45) is 2.90. The van der Waals surface area contributed by atoms with Crippen molar-refractivity contribution in [2.24, 2.45) is 15.1 Å². The minimum absolute atomic E-state index is 0.0274. The van der Waals surface area contributed by atoms with Crippen LogP contribution in [0.5, 0.6) is 0 Å². The monoisotopic (exact) mass is 530 g/mol. The molecular weight excluding hydrogens is 503 g/mol. The van der Waals surface area contributed by atoms with E-state index in [1.807, 2.05) is 0 Å². The van der Waals surface area contributed by atoms with E-state index in [0.717, 1.165) is 6.42 Å². The number of fused-ring (bicyclic) bond motifs is 2. The van der Waals surface area contributed by atoms with Gasteiger partial charge in [-0.25, -0.2) is 17.9 Å². The number of nitrogens with zero attached hydrogens (tertiary/aromatic N) is 5. The number of imidazole rings is 1. The number of aromatic nitrogens is 3. The van der Waals surface area contributed by atoms with Crippen LogP contribution in [0, 0.1) is 12.7 Å². The summed E-state index contributed by atoms with van der Waals surface area (Å²) < 4.78 is 34.8. The molecule has 0 aromatic carbocycles. The molecule has 36 heavy (non-hydrogen) atoms. The van der Waals surface area contributed by atoms with E-state index in [4.69, 9.17) is 22.3 Å². The van der Waals surface area contributed by atoms with Gasteiger partial charge in [0.25, 0.3) is 0 Å². The van der Waals surface area contributed by atoms with Gasteiger partial charge in [-0.1, -0.05) is 11.6 Å². The molecule has 0 radical (unpaired) electrons. The Morgan fingerprint density at radius 3 is 2.75 bits per heavy atom. The van der Waals surface area contributed by atoms with Crippen molar-refractivity contribution in [3.8, 4) is 0 Å². The molecule has 8 nitrogen and oxygen atoms in total. The number of aliphatic imine (C=N–C) groups is 1. The third-order valence-corrected chi connectivity index (χ3v) is 11.4. The van der Waals surface area contributed by atoms with Gasteiger partial charge in [0.05, 0.1) is 32.1 Å². The lowest BCUT2D eigenvalue weighted by Gasteiger charge is -2.47. The van der Waals surface area contributed by atoms with Crippen molar-refractivity contribution in [1.29, 1.82) is 0 Å². The number of amidine groups is 1. The number of pyridine rings is 2. The van der Waals surface area contributed by atoms with Gasteiger partial charge in [0.2, 0.25) is 0 Å². The molecule has 0 unspecified atom stereocenters. The summed E-state index contributed by atoms with van der Waals surface area (Å²) >= 11 is 6.09. The maximum Gasteiger partial charge on any atom is 0.188 e. The maximum atomic E-state index is 15.3. The van der Waals surface area contributed by atoms with Crippen molar-refractivity contribution >= 4 is 38.6 Å². The molecule has 11 heteroatoms. The molecule has 0 spiro atoms. The van der Waals surface area contributed by atoms with Gasteiger partial charge in [-0.05, 0) is 64.8 Å². The second kappa shape index (κ2) is 8.34. The minimum Gasteiger partial charge on any atom is -0.386 e. The molecule has 0 saturated heterocycles. The van der Waals surface area contributed by atoms with Crippen LogP contribution in [0.4, 0.5) is 4.39 Å². The maximum absolute atomic E-state index is 15.3. The van der Waals surface area contributed by atoms with E-state index >= 15 is 4.39 Å². The van der Waals surface area contributed by atoms with Crippen LogP contribution in [0.25, 0.3) is 5.65 Å². The largest absolute Gasteiger partial charge is 0.386 e. The number of carbonyl (C=O) groups is 1. The number of rotatable bonds is 4. The molecule has 0 fully saturated rings. The fourth-order valence-corrected chi connectivity index (χ4v) is 8.63. The lowest BCUT2D eigenvalue weighted by Crippen LogP contribution is -2.60. The molecule has 190 valence electrons. The molecule has 0 aliphatic carbocycles. The number of hydrogen-bond donors (Lipinski definition) is 1. The number of nitrogens with two attached hydrogens (primary N) is 1. The highest BCUT2D eigenvalue weighted by Crippen LogP contribution is 2.46. The Bertz CT molecular complexity index is 1570. The van der Waals surface area contributed by atoms with Crippen molar-refractivity contribution in [3.05, 3.63) is 64.1 Å². The predicted octanol–water partition coefficient (Wildman–Crippen LogP) is 4.25. The molecule has 3 aromatic rings. The van der Waals surface area contributed by atoms with E-state index in [0.29, 0.717) is 40.7 Å². The van der Waals surface area contributed by atoms with Gasteiger partial charge in [-0.2, -0.15) is 0 Å². The molecule has 5 rings (SSSR count). The van der Waals surface area contributed by atoms with E-state index in [-0.39, 0.29) is 23.7 Å². The number of aryl methyl sites for hydroxylation is 1. The molecular formula is C25H28ClFN6O2S. The first kappa shape index (κ1) is 24.8. The van der Waals surface area contributed by atoms with Crippen LogP contribution in [0.2, 0.25) is 5.02 Å². The minimum atomic E-state index is -2.86. The second-order valence-electron chi connectivity index (χ2n) is 10.1. The van der Waals surface area contributed by atoms with Gasteiger partial charge < -0.3 is 10.1 Å². The zero-order valence-electron chi connectivity index (χ0n) is 20.6. The topological polar surface area (TPSA) is 115 Å². The van der Waals surface area contributed by atoms with Crippen LogP contribution in [0.15, 0.2) is 39.8 Å². The standard InChI is InChI=1S/C25H28ClFN6O2S/c1-14-21(31-20-10-7-15(26)13-33(14)20)18(34)12-16-8-9-17(27)22(30-16)25(4)19-6-5-11-29-36(19,35)24(2,3)23(28)32-25/h7-10,13,19H,5-6,11-12H2,1-4H3,(H2,28,32)/t19-,25+,36-/m1/s1. The van der Waals surface area contributed by atoms with Gasteiger partial charge in [-0.3, -0.25) is 14.8 Å². The Labute approximate surface area is 214 Å². The molecule has 0 bridgehead atoms. The number of hydrogen-bond acceptors (Lipinski definition) is 7. The Morgan fingerprint density at radius 1 is 1.25 bits per heavy atom. The summed E-state index contributed by atoms with van der Waals surface area (Å²) in [5.74, 6) is -0.679. The van der Waals surface area contributed by atoms with Crippen LogP contribution in [0.3, 0.4) is 0 Å². The smallest absolute Gasteiger partial charge is 0.188 e. The summed E-state index contributed by atoms with van der Waals surface area (Å²) in [5.41, 5.74) is 6.98. The Kier molecular flexibility index (Phi) is 5.75. The fourth-order valence-electron chi connectivity index (χ4n) is 5.23. The van der Waals surface area contributed by atoms with Crippen molar-refractivity contribution in [1.82, 2.24) is 14.4 Å². The van der Waals surface area contributed by atoms with Crippen molar-refractivity contribution in [2.75, 3.05) is 6.54 Å². The lowest BCUT2D eigenvalue weighted by molar-refractivity contribution is 0.0987. The lowest BCUT2D eigenvalue weighted by atomic mass is 9.88. The Hall–Kier alpha value is -2.85. The average Bonchev–Trinajstić information content (AvgIpc) is 3.15. The van der Waals surface area contributed by atoms with Gasteiger partial charge in [0.15, 0.2) is 5.78 Å². The number of Topliss-reactive ketones (excluding diaryl/α,β-unsaturated/α-hetero) is 1. The summed E-state index contributed by atoms with van der Waals surface area (Å²) in [5, 5.41) is -0.0268. The number of ketones is 1. The van der Waals surface area contributed by atoms with Gasteiger partial charge in [0, 0.05) is 18.4 Å². The average molecular weight is 531 g/mol. The van der Waals surface area contributed by atoms with Crippen LogP contribution in [-0.2, 0) is 21.7 Å². The Balaban J connectivity index is 1.56. The van der Waals surface area contributed by atoms with Gasteiger partial charge >= 0.3 is 0 Å². The summed E-state index contributed by atoms with van der Waals surface area (Å²) in [6.45, 7) is 7.53. The summed E-state index contributed by atoms with van der Waals surface area (Å²) in [7, 11) is -2.86. The molecule has 5 heterocycles. The van der Waals surface area contributed by atoms with Crippen molar-refractivity contribution in [3.63, 3.8) is 0 Å². The highest BCUT2D eigenvalue weighted by Gasteiger charge is 2.56. The first-order valence-electron chi connectivity index (χ1n) is 11.8. The summed E-state index contributed by atoms with van der Waals surface area (Å²) in [4.78, 5) is 26.9. The zero-order chi connectivity index (χ0) is 26.0. The highest BCUT2D eigenvalue weighted by atomic mass is 35.5. The van der Waals surface area contributed by atoms with E-state index in [1.54, 1.807) is 50.4 Å². The number of carbonyl (C=O) groups excluding carboxylic acids is 1. The molecule has 2 aliphatic rings. The summed E-state index contributed by atoms with van der Waals surface area (Å²) in [6, 6.07) is 6.20. The molecule has 2 N–H and O–H groups in total. The van der Waals surface area contributed by atoms with Crippen LogP contribution >= 0.6 is 11.6 Å². The predicted molar refractivity (Wildman–Crippen MR) is 139 cm³/mol. The van der Waals surface area contributed by atoms with E-state index < -0.39 is 31.1 Å². The van der Waals surface area contributed by atoms with Gasteiger partial charge in [-0.15, -0.1) is 0 Å². The second-order valence-corrected chi connectivity index (χ2v) is 13.5. The SMILES string of the molecule is Cc1c(C(=O)Cc2ccc(F)c([C@@]3(C)N=C(N)C(C)(C)[S@@]4(=O)=NCCC[C@H]34)n2)nc2ccc(Cl)cn12. The van der Waals surface area contributed by atoms with Gasteiger partial charge in [0.1, 0.15) is 39.0 Å². The highest BCUT2D eigenvalue weighted by molar-refractivity contribution is 7.96. The van der Waals surface area contributed by atoms with Crippen LogP contribution < -0.4 is 5.73 Å². The van der Waals surface area contributed by atoms with Crippen molar-refractivity contribution < 1.29 is 13.4 Å². The molecule has 0 saturated carbocycles. The molecule has 2 aliphatic heterocycles. The van der Waals surface area contributed by atoms with Crippen molar-refractivity contribution in [2.45, 2.75) is 62.5 Å². The Morgan fingerprint density at radius 2 is 2.00 bits per heavy atom. The number of halogens is 2. The van der Waals surface area contributed by atoms with Crippen LogP contribution in [0.1, 0.15) is 61.2 Å².